The van der Waals surface area contributed by atoms with Crippen LogP contribution in [0.1, 0.15) is 4.88 Å². The molecule has 1 saturated heterocycles. The molecule has 11 heteroatoms. The Balaban J connectivity index is 2.11. The number of amides is 2. The van der Waals surface area contributed by atoms with Crippen molar-refractivity contribution < 1.29 is 32.1 Å². The molecule has 2 atom stereocenters. The highest BCUT2D eigenvalue weighted by molar-refractivity contribution is 7.84. The zero-order chi connectivity index (χ0) is 16.5. The third-order valence-corrected chi connectivity index (χ3v) is 4.75. The van der Waals surface area contributed by atoms with Crippen molar-refractivity contribution in [1.29, 1.82) is 0 Å². The monoisotopic (exact) mass is 348 g/mol. The summed E-state index contributed by atoms with van der Waals surface area (Å²) in [4.78, 5) is 35.9. The first kappa shape index (κ1) is 16.4. The van der Waals surface area contributed by atoms with Gasteiger partial charge in [-0.1, -0.05) is 6.07 Å². The van der Waals surface area contributed by atoms with E-state index in [1.165, 1.54) is 11.3 Å². The average Bonchev–Trinajstić information content (AvgIpc) is 2.92. The molecular weight excluding hydrogens is 336 g/mol. The number of esters is 1. The molecule has 22 heavy (non-hydrogen) atoms. The number of nitrogens with one attached hydrogen (secondary N) is 1. The van der Waals surface area contributed by atoms with E-state index in [1.807, 2.05) is 0 Å². The smallest absolute Gasteiger partial charge is 0.363 e. The molecule has 1 aliphatic rings. The molecule has 2 amide bonds. The standard InChI is InChI=1S/C11H12N2O7S2/c1-20-11(16)9-8(10(15)13(9)22(17,18)19)12-7(14)5-6-3-2-4-21-6/h2-4,8-9H,5H2,1H3,(H,12,14)(H,17,18,19). The lowest BCUT2D eigenvalue weighted by molar-refractivity contribution is -0.162. The molecule has 2 unspecified atom stereocenters. The molecule has 0 aliphatic carbocycles. The van der Waals surface area contributed by atoms with E-state index in [4.69, 9.17) is 4.55 Å². The SMILES string of the molecule is COC(=O)C1C(NC(=O)Cc2cccs2)C(=O)N1S(=O)(=O)O. The van der Waals surface area contributed by atoms with Gasteiger partial charge in [0.2, 0.25) is 5.91 Å². The summed E-state index contributed by atoms with van der Waals surface area (Å²) in [6.45, 7) is 0. The lowest BCUT2D eigenvalue weighted by Gasteiger charge is -2.41. The van der Waals surface area contributed by atoms with Crippen LogP contribution in [0.5, 0.6) is 0 Å². The summed E-state index contributed by atoms with van der Waals surface area (Å²) in [6.07, 6.45) is -0.0127. The maximum Gasteiger partial charge on any atom is 0.363 e. The first-order chi connectivity index (χ1) is 10.3. The Hall–Kier alpha value is -1.98. The van der Waals surface area contributed by atoms with Gasteiger partial charge in [0.1, 0.15) is 6.04 Å². The third kappa shape index (κ3) is 3.10. The summed E-state index contributed by atoms with van der Waals surface area (Å²) in [6, 6.07) is 0.468. The Morgan fingerprint density at radius 3 is 2.68 bits per heavy atom. The highest BCUT2D eigenvalue weighted by Gasteiger charge is 2.58. The molecule has 0 bridgehead atoms. The van der Waals surface area contributed by atoms with E-state index >= 15 is 0 Å². The number of rotatable bonds is 5. The van der Waals surface area contributed by atoms with Gasteiger partial charge in [-0.2, -0.15) is 12.7 Å². The summed E-state index contributed by atoms with van der Waals surface area (Å²) in [5.74, 6) is -2.71. The molecule has 9 nitrogen and oxygen atoms in total. The summed E-state index contributed by atoms with van der Waals surface area (Å²) in [5.41, 5.74) is 0. The molecule has 1 aromatic heterocycles. The van der Waals surface area contributed by atoms with Crippen LogP contribution in [0.15, 0.2) is 17.5 Å². The van der Waals surface area contributed by atoms with Crippen molar-refractivity contribution in [3.05, 3.63) is 22.4 Å². The van der Waals surface area contributed by atoms with Gasteiger partial charge in [-0.15, -0.1) is 11.3 Å². The van der Waals surface area contributed by atoms with Crippen molar-refractivity contribution in [2.45, 2.75) is 18.5 Å². The largest absolute Gasteiger partial charge is 0.467 e. The third-order valence-electron chi connectivity index (χ3n) is 2.97. The van der Waals surface area contributed by atoms with Crippen LogP contribution in [0.25, 0.3) is 0 Å². The van der Waals surface area contributed by atoms with E-state index in [0.717, 1.165) is 12.0 Å². The number of β-lactam (4-membered cyclic amide) rings is 1. The Morgan fingerprint density at radius 2 is 2.18 bits per heavy atom. The van der Waals surface area contributed by atoms with Crippen LogP contribution in [0.4, 0.5) is 0 Å². The van der Waals surface area contributed by atoms with E-state index < -0.39 is 40.2 Å². The number of nitrogens with zero attached hydrogens (tertiary/aromatic N) is 1. The topological polar surface area (TPSA) is 130 Å². The predicted octanol–water partition coefficient (Wildman–Crippen LogP) is -1.04. The van der Waals surface area contributed by atoms with Gasteiger partial charge < -0.3 is 10.1 Å². The molecular formula is C11H12N2O7S2. The number of methoxy groups -OCH3 is 1. The van der Waals surface area contributed by atoms with Gasteiger partial charge in [-0.05, 0) is 11.4 Å². The highest BCUT2D eigenvalue weighted by Crippen LogP contribution is 2.24. The fourth-order valence-electron chi connectivity index (χ4n) is 2.01. The second-order valence-electron chi connectivity index (χ2n) is 4.38. The molecule has 0 saturated carbocycles. The normalized spacial score (nSPS) is 21.2. The maximum atomic E-state index is 11.8. The second-order valence-corrected chi connectivity index (χ2v) is 6.70. The van der Waals surface area contributed by atoms with Crippen LogP contribution in [0.2, 0.25) is 0 Å². The van der Waals surface area contributed by atoms with Crippen LogP contribution in [-0.2, 0) is 35.8 Å². The molecule has 0 spiro atoms. The fraction of sp³-hybridized carbons (Fsp3) is 0.364. The minimum Gasteiger partial charge on any atom is -0.467 e. The number of ether oxygens (including phenoxy) is 1. The van der Waals surface area contributed by atoms with E-state index in [9.17, 15) is 22.8 Å². The zero-order valence-corrected chi connectivity index (χ0v) is 12.9. The molecule has 1 fully saturated rings. The van der Waals surface area contributed by atoms with Gasteiger partial charge in [-0.3, -0.25) is 14.1 Å². The van der Waals surface area contributed by atoms with E-state index in [2.05, 4.69) is 10.1 Å². The number of carbonyl (C=O) groups is 3. The van der Waals surface area contributed by atoms with Crippen LogP contribution in [0.3, 0.4) is 0 Å². The second kappa shape index (κ2) is 6.02. The van der Waals surface area contributed by atoms with Crippen LogP contribution in [-0.4, -0.2) is 54.3 Å². The van der Waals surface area contributed by atoms with Gasteiger partial charge >= 0.3 is 16.3 Å². The lowest BCUT2D eigenvalue weighted by atomic mass is 9.98. The minimum atomic E-state index is -4.90. The van der Waals surface area contributed by atoms with Gasteiger partial charge in [0.15, 0.2) is 6.04 Å². The van der Waals surface area contributed by atoms with Crippen LogP contribution < -0.4 is 5.32 Å². The Bertz CT molecular complexity index is 698. The van der Waals surface area contributed by atoms with Crippen LogP contribution in [0, 0.1) is 0 Å². The van der Waals surface area contributed by atoms with Crippen molar-refractivity contribution in [3.8, 4) is 0 Å². The Morgan fingerprint density at radius 1 is 1.50 bits per heavy atom. The van der Waals surface area contributed by atoms with Crippen molar-refractivity contribution >= 4 is 39.4 Å². The first-order valence-corrected chi connectivity index (χ1v) is 8.23. The molecule has 1 aromatic rings. The number of thiophene rings is 1. The molecule has 0 aromatic carbocycles. The average molecular weight is 348 g/mol. The predicted molar refractivity (Wildman–Crippen MR) is 74.2 cm³/mol. The minimum absolute atomic E-state index is 0.0127. The summed E-state index contributed by atoms with van der Waals surface area (Å²) < 4.78 is 35.5. The molecule has 2 rings (SSSR count). The van der Waals surface area contributed by atoms with E-state index in [1.54, 1.807) is 17.5 Å². The van der Waals surface area contributed by atoms with Gasteiger partial charge in [0.25, 0.3) is 5.91 Å². The Kier molecular flexibility index (Phi) is 4.49. The van der Waals surface area contributed by atoms with Crippen molar-refractivity contribution in [2.75, 3.05) is 7.11 Å². The molecule has 120 valence electrons. The summed E-state index contributed by atoms with van der Waals surface area (Å²) in [5, 5.41) is 4.04. The van der Waals surface area contributed by atoms with E-state index in [0.29, 0.717) is 0 Å². The first-order valence-electron chi connectivity index (χ1n) is 5.96. The van der Waals surface area contributed by atoms with Gasteiger partial charge in [-0.25, -0.2) is 4.79 Å². The fourth-order valence-corrected chi connectivity index (χ4v) is 3.55. The number of carbonyl (C=O) groups excluding carboxylic acids is 3. The molecule has 2 heterocycles. The molecule has 0 radical (unpaired) electrons. The van der Waals surface area contributed by atoms with Crippen molar-refractivity contribution in [2.24, 2.45) is 0 Å². The van der Waals surface area contributed by atoms with Gasteiger partial charge in [0.05, 0.1) is 13.5 Å². The van der Waals surface area contributed by atoms with Crippen molar-refractivity contribution in [1.82, 2.24) is 9.62 Å². The Labute approximate surface area is 129 Å². The molecule has 2 N–H and O–H groups in total. The quantitative estimate of drug-likeness (QED) is 0.395. The summed E-state index contributed by atoms with van der Waals surface area (Å²) >= 11 is 1.34. The zero-order valence-electron chi connectivity index (χ0n) is 11.3. The van der Waals surface area contributed by atoms with Gasteiger partial charge in [0, 0.05) is 4.88 Å². The summed E-state index contributed by atoms with van der Waals surface area (Å²) in [7, 11) is -3.91. The van der Waals surface area contributed by atoms with Crippen LogP contribution >= 0.6 is 11.3 Å². The molecule has 1 aliphatic heterocycles. The highest BCUT2D eigenvalue weighted by atomic mass is 32.2. The number of hydrogen-bond acceptors (Lipinski definition) is 7. The maximum absolute atomic E-state index is 11.8. The number of hydrogen-bond donors (Lipinski definition) is 2. The van der Waals surface area contributed by atoms with E-state index in [-0.39, 0.29) is 10.7 Å². The lowest BCUT2D eigenvalue weighted by Crippen LogP contribution is -2.74. The van der Waals surface area contributed by atoms with Crippen molar-refractivity contribution in [3.63, 3.8) is 0 Å².